The lowest BCUT2D eigenvalue weighted by molar-refractivity contribution is -0.116. The topological polar surface area (TPSA) is 44.4 Å². The zero-order chi connectivity index (χ0) is 14.4. The van der Waals surface area contributed by atoms with Crippen LogP contribution in [0.4, 0.5) is 5.69 Å². The summed E-state index contributed by atoms with van der Waals surface area (Å²) in [5.74, 6) is -0.0358. The van der Waals surface area contributed by atoms with Gasteiger partial charge in [-0.05, 0) is 37.7 Å². The van der Waals surface area contributed by atoms with Gasteiger partial charge in [-0.3, -0.25) is 4.79 Å². The Bertz CT molecular complexity index is 460. The van der Waals surface area contributed by atoms with Crippen molar-refractivity contribution in [1.29, 1.82) is 0 Å². The maximum absolute atomic E-state index is 11.9. The standard InChI is InChI=1S/C14H19Cl2N3O/c15-11-2-3-12(16)13(10-11)18-14(20)4-8-19-7-1-5-17-6-9-19/h2-3,10,17H,1,4-9H2,(H,18,20). The number of anilines is 1. The van der Waals surface area contributed by atoms with Crippen molar-refractivity contribution < 1.29 is 4.79 Å². The first-order valence-electron chi connectivity index (χ1n) is 6.83. The zero-order valence-corrected chi connectivity index (χ0v) is 12.8. The van der Waals surface area contributed by atoms with Crippen molar-refractivity contribution in [3.05, 3.63) is 28.2 Å². The molecule has 0 atom stereocenters. The van der Waals surface area contributed by atoms with Crippen molar-refractivity contribution in [3.8, 4) is 0 Å². The van der Waals surface area contributed by atoms with Crippen molar-refractivity contribution in [2.75, 3.05) is 38.0 Å². The van der Waals surface area contributed by atoms with E-state index >= 15 is 0 Å². The van der Waals surface area contributed by atoms with Crippen molar-refractivity contribution in [2.45, 2.75) is 12.8 Å². The van der Waals surface area contributed by atoms with E-state index in [2.05, 4.69) is 15.5 Å². The second-order valence-electron chi connectivity index (χ2n) is 4.87. The summed E-state index contributed by atoms with van der Waals surface area (Å²) in [6.07, 6.45) is 1.59. The fraction of sp³-hybridized carbons (Fsp3) is 0.500. The van der Waals surface area contributed by atoms with Gasteiger partial charge in [-0.2, -0.15) is 0 Å². The summed E-state index contributed by atoms with van der Waals surface area (Å²) in [5, 5.41) is 7.21. The van der Waals surface area contributed by atoms with Gasteiger partial charge in [0, 0.05) is 31.1 Å². The molecular formula is C14H19Cl2N3O. The van der Waals surface area contributed by atoms with Gasteiger partial charge in [-0.1, -0.05) is 23.2 Å². The predicted octanol–water partition coefficient (Wildman–Crippen LogP) is 2.62. The molecule has 0 bridgehead atoms. The Kier molecular flexibility index (Phi) is 6.10. The molecule has 0 saturated carbocycles. The molecule has 1 heterocycles. The highest BCUT2D eigenvalue weighted by atomic mass is 35.5. The number of halogens is 2. The summed E-state index contributed by atoms with van der Waals surface area (Å²) in [6.45, 7) is 4.84. The van der Waals surface area contributed by atoms with Crippen LogP contribution < -0.4 is 10.6 Å². The van der Waals surface area contributed by atoms with Crippen molar-refractivity contribution >= 4 is 34.8 Å². The minimum Gasteiger partial charge on any atom is -0.325 e. The Morgan fingerprint density at radius 1 is 1.30 bits per heavy atom. The van der Waals surface area contributed by atoms with Gasteiger partial charge in [0.05, 0.1) is 10.7 Å². The zero-order valence-electron chi connectivity index (χ0n) is 11.3. The van der Waals surface area contributed by atoms with Gasteiger partial charge in [-0.25, -0.2) is 0 Å². The number of carbonyl (C=O) groups excluding carboxylic acids is 1. The number of hydrogen-bond donors (Lipinski definition) is 2. The van der Waals surface area contributed by atoms with Gasteiger partial charge >= 0.3 is 0 Å². The van der Waals surface area contributed by atoms with Crippen molar-refractivity contribution in [3.63, 3.8) is 0 Å². The number of rotatable bonds is 4. The predicted molar refractivity (Wildman–Crippen MR) is 83.6 cm³/mol. The number of nitrogens with one attached hydrogen (secondary N) is 2. The van der Waals surface area contributed by atoms with Crippen molar-refractivity contribution in [1.82, 2.24) is 10.2 Å². The fourth-order valence-electron chi connectivity index (χ4n) is 2.19. The van der Waals surface area contributed by atoms with Gasteiger partial charge < -0.3 is 15.5 Å². The largest absolute Gasteiger partial charge is 0.325 e. The van der Waals surface area contributed by atoms with Crippen LogP contribution in [0.5, 0.6) is 0 Å². The Morgan fingerprint density at radius 3 is 3.00 bits per heavy atom. The van der Waals surface area contributed by atoms with E-state index in [0.717, 1.165) is 39.1 Å². The number of amides is 1. The van der Waals surface area contributed by atoms with Crippen LogP contribution in [0, 0.1) is 0 Å². The molecule has 110 valence electrons. The summed E-state index contributed by atoms with van der Waals surface area (Å²) in [6, 6.07) is 5.04. The van der Waals surface area contributed by atoms with E-state index in [0.29, 0.717) is 22.2 Å². The summed E-state index contributed by atoms with van der Waals surface area (Å²) in [5.41, 5.74) is 0.571. The lowest BCUT2D eigenvalue weighted by Crippen LogP contribution is -2.31. The normalized spacial score (nSPS) is 16.7. The summed E-state index contributed by atoms with van der Waals surface area (Å²) < 4.78 is 0. The molecule has 4 nitrogen and oxygen atoms in total. The average Bonchev–Trinajstić information content (AvgIpc) is 2.69. The van der Waals surface area contributed by atoms with E-state index in [9.17, 15) is 4.79 Å². The third-order valence-electron chi connectivity index (χ3n) is 3.29. The van der Waals surface area contributed by atoms with Gasteiger partial charge in [-0.15, -0.1) is 0 Å². The van der Waals surface area contributed by atoms with Crippen LogP contribution >= 0.6 is 23.2 Å². The molecule has 1 aromatic rings. The van der Waals surface area contributed by atoms with Crippen LogP contribution in [0.1, 0.15) is 12.8 Å². The third kappa shape index (κ3) is 4.94. The Labute approximate surface area is 129 Å². The second-order valence-corrected chi connectivity index (χ2v) is 5.71. The first-order chi connectivity index (χ1) is 9.65. The SMILES string of the molecule is O=C(CCN1CCCNCC1)Nc1cc(Cl)ccc1Cl. The molecule has 0 radical (unpaired) electrons. The monoisotopic (exact) mass is 315 g/mol. The van der Waals surface area contributed by atoms with E-state index in [4.69, 9.17) is 23.2 Å². The summed E-state index contributed by atoms with van der Waals surface area (Å²) >= 11 is 11.9. The molecule has 20 heavy (non-hydrogen) atoms. The molecule has 1 aromatic carbocycles. The first-order valence-corrected chi connectivity index (χ1v) is 7.59. The Hall–Kier alpha value is -0.810. The first kappa shape index (κ1) is 15.6. The highest BCUT2D eigenvalue weighted by Gasteiger charge is 2.11. The Morgan fingerprint density at radius 2 is 2.15 bits per heavy atom. The van der Waals surface area contributed by atoms with Crippen LogP contribution in [0.15, 0.2) is 18.2 Å². The smallest absolute Gasteiger partial charge is 0.225 e. The van der Waals surface area contributed by atoms with E-state index < -0.39 is 0 Å². The summed E-state index contributed by atoms with van der Waals surface area (Å²) in [7, 11) is 0. The van der Waals surface area contributed by atoms with Crippen LogP contribution in [-0.2, 0) is 4.79 Å². The van der Waals surface area contributed by atoms with Crippen LogP contribution in [0.25, 0.3) is 0 Å². The second kappa shape index (κ2) is 7.84. The molecule has 0 aliphatic carbocycles. The van der Waals surface area contributed by atoms with Crippen molar-refractivity contribution in [2.24, 2.45) is 0 Å². The molecular weight excluding hydrogens is 297 g/mol. The molecule has 0 aromatic heterocycles. The van der Waals surface area contributed by atoms with E-state index in [-0.39, 0.29) is 5.91 Å². The van der Waals surface area contributed by atoms with Gasteiger partial charge in [0.25, 0.3) is 0 Å². The quantitative estimate of drug-likeness (QED) is 0.897. The lowest BCUT2D eigenvalue weighted by atomic mass is 10.3. The maximum atomic E-state index is 11.9. The maximum Gasteiger partial charge on any atom is 0.225 e. The molecule has 0 unspecified atom stereocenters. The molecule has 2 N–H and O–H groups in total. The fourth-order valence-corrected chi connectivity index (χ4v) is 2.53. The number of carbonyl (C=O) groups is 1. The minimum atomic E-state index is -0.0358. The lowest BCUT2D eigenvalue weighted by Gasteiger charge is -2.18. The van der Waals surface area contributed by atoms with Crippen LogP contribution in [0.3, 0.4) is 0 Å². The molecule has 1 fully saturated rings. The molecule has 1 aliphatic heterocycles. The van der Waals surface area contributed by atoms with Gasteiger partial charge in [0.1, 0.15) is 0 Å². The van der Waals surface area contributed by atoms with Gasteiger partial charge in [0.15, 0.2) is 0 Å². The van der Waals surface area contributed by atoms with Crippen LogP contribution in [-0.4, -0.2) is 43.5 Å². The summed E-state index contributed by atoms with van der Waals surface area (Å²) in [4.78, 5) is 14.3. The molecule has 0 spiro atoms. The number of hydrogen-bond acceptors (Lipinski definition) is 3. The number of benzene rings is 1. The van der Waals surface area contributed by atoms with E-state index in [1.807, 2.05) is 0 Å². The average molecular weight is 316 g/mol. The molecule has 1 saturated heterocycles. The molecule has 1 aliphatic rings. The third-order valence-corrected chi connectivity index (χ3v) is 3.85. The Balaban J connectivity index is 1.81. The number of nitrogens with zero attached hydrogens (tertiary/aromatic N) is 1. The molecule has 6 heteroatoms. The molecule has 1 amide bonds. The van der Waals surface area contributed by atoms with Crippen LogP contribution in [0.2, 0.25) is 10.0 Å². The van der Waals surface area contributed by atoms with Gasteiger partial charge in [0.2, 0.25) is 5.91 Å². The highest BCUT2D eigenvalue weighted by molar-refractivity contribution is 6.35. The van der Waals surface area contributed by atoms with E-state index in [1.54, 1.807) is 18.2 Å². The minimum absolute atomic E-state index is 0.0358. The van der Waals surface area contributed by atoms with E-state index in [1.165, 1.54) is 0 Å². The molecule has 2 rings (SSSR count). The highest BCUT2D eigenvalue weighted by Crippen LogP contribution is 2.25.